The summed E-state index contributed by atoms with van der Waals surface area (Å²) >= 11 is 0. The van der Waals surface area contributed by atoms with E-state index in [0.717, 1.165) is 44.1 Å². The Labute approximate surface area is 178 Å². The first-order chi connectivity index (χ1) is 14.6. The number of ether oxygens (including phenoxy) is 1. The highest BCUT2D eigenvalue weighted by Crippen LogP contribution is 2.40. The van der Waals surface area contributed by atoms with Crippen molar-refractivity contribution in [2.45, 2.75) is 44.9 Å². The summed E-state index contributed by atoms with van der Waals surface area (Å²) in [5, 5.41) is 9.52. The number of hydrogen-bond acceptors (Lipinski definition) is 4. The van der Waals surface area contributed by atoms with Crippen LogP contribution in [0.2, 0.25) is 0 Å². The summed E-state index contributed by atoms with van der Waals surface area (Å²) in [6, 6.07) is 16.9. The number of ketones is 2. The molecule has 0 aliphatic heterocycles. The van der Waals surface area contributed by atoms with Crippen LogP contribution in [-0.2, 0) is 11.2 Å². The second kappa shape index (κ2) is 10.0. The lowest BCUT2D eigenvalue weighted by Gasteiger charge is -2.19. The van der Waals surface area contributed by atoms with E-state index in [4.69, 9.17) is 4.74 Å². The van der Waals surface area contributed by atoms with E-state index < -0.39 is 5.41 Å². The van der Waals surface area contributed by atoms with Crippen molar-refractivity contribution in [2.24, 2.45) is 5.41 Å². The monoisotopic (exact) mass is 401 g/mol. The van der Waals surface area contributed by atoms with Crippen molar-refractivity contribution in [3.63, 3.8) is 0 Å². The SMILES string of the molecule is C=CCCc1ccc(C(=O)c2ccccc2)c(OCC(=O)CC2(C#N)CCCC2)c1. The standard InChI is InChI=1S/C26H27NO3/c1-2-3-9-20-12-13-23(25(29)21-10-5-4-6-11-21)24(16-20)30-18-22(28)17-26(19-27)14-7-8-15-26/h2,4-6,10-13,16H,1,3,7-9,14-15,17-18H2. The Morgan fingerprint density at radius 1 is 1.13 bits per heavy atom. The molecule has 0 atom stereocenters. The largest absolute Gasteiger partial charge is 0.485 e. The van der Waals surface area contributed by atoms with Crippen molar-refractivity contribution >= 4 is 11.6 Å². The predicted molar refractivity (Wildman–Crippen MR) is 116 cm³/mol. The van der Waals surface area contributed by atoms with Gasteiger partial charge in [0.05, 0.1) is 17.0 Å². The number of carbonyl (C=O) groups is 2. The van der Waals surface area contributed by atoms with Crippen LogP contribution in [-0.4, -0.2) is 18.2 Å². The van der Waals surface area contributed by atoms with Crippen LogP contribution in [0.5, 0.6) is 5.75 Å². The Morgan fingerprint density at radius 2 is 1.87 bits per heavy atom. The summed E-state index contributed by atoms with van der Waals surface area (Å²) in [5.41, 5.74) is 1.48. The van der Waals surface area contributed by atoms with Gasteiger partial charge in [0.15, 0.2) is 11.6 Å². The third-order valence-corrected chi connectivity index (χ3v) is 5.69. The zero-order valence-corrected chi connectivity index (χ0v) is 17.2. The lowest BCUT2D eigenvalue weighted by molar-refractivity contribution is -0.122. The molecular formula is C26H27NO3. The molecule has 4 heteroatoms. The van der Waals surface area contributed by atoms with Crippen LogP contribution in [0.1, 0.15) is 60.0 Å². The topological polar surface area (TPSA) is 67.2 Å². The first-order valence-electron chi connectivity index (χ1n) is 10.5. The van der Waals surface area contributed by atoms with Gasteiger partial charge in [-0.2, -0.15) is 5.26 Å². The van der Waals surface area contributed by atoms with Crippen LogP contribution in [0.4, 0.5) is 0 Å². The number of benzene rings is 2. The number of nitriles is 1. The van der Waals surface area contributed by atoms with E-state index in [9.17, 15) is 14.9 Å². The van der Waals surface area contributed by atoms with Gasteiger partial charge >= 0.3 is 0 Å². The van der Waals surface area contributed by atoms with Crippen molar-refractivity contribution in [3.05, 3.63) is 77.9 Å². The summed E-state index contributed by atoms with van der Waals surface area (Å²) in [7, 11) is 0. The van der Waals surface area contributed by atoms with Crippen LogP contribution in [0.3, 0.4) is 0 Å². The fourth-order valence-corrected chi connectivity index (χ4v) is 4.01. The lowest BCUT2D eigenvalue weighted by atomic mass is 9.83. The van der Waals surface area contributed by atoms with Crippen molar-refractivity contribution in [1.29, 1.82) is 5.26 Å². The van der Waals surface area contributed by atoms with Crippen molar-refractivity contribution in [3.8, 4) is 11.8 Å². The van der Waals surface area contributed by atoms with Crippen LogP contribution in [0.25, 0.3) is 0 Å². The predicted octanol–water partition coefficient (Wildman–Crippen LogP) is 5.46. The smallest absolute Gasteiger partial charge is 0.196 e. The molecule has 0 spiro atoms. The Hall–Kier alpha value is -3.19. The van der Waals surface area contributed by atoms with E-state index in [1.807, 2.05) is 36.4 Å². The van der Waals surface area contributed by atoms with Gasteiger partial charge in [-0.1, -0.05) is 55.3 Å². The summed E-state index contributed by atoms with van der Waals surface area (Å²) < 4.78 is 5.86. The first-order valence-corrected chi connectivity index (χ1v) is 10.5. The molecule has 1 saturated carbocycles. The average Bonchev–Trinajstić information content (AvgIpc) is 3.25. The number of rotatable bonds is 10. The number of carbonyl (C=O) groups excluding carboxylic acids is 2. The fraction of sp³-hybridized carbons (Fsp3) is 0.346. The van der Waals surface area contributed by atoms with Crippen LogP contribution < -0.4 is 4.74 Å². The van der Waals surface area contributed by atoms with E-state index in [1.165, 1.54) is 0 Å². The van der Waals surface area contributed by atoms with Crippen molar-refractivity contribution < 1.29 is 14.3 Å². The molecule has 0 unspecified atom stereocenters. The highest BCUT2D eigenvalue weighted by molar-refractivity contribution is 6.10. The molecule has 0 aromatic heterocycles. The lowest BCUT2D eigenvalue weighted by Crippen LogP contribution is -2.23. The van der Waals surface area contributed by atoms with E-state index >= 15 is 0 Å². The minimum absolute atomic E-state index is 0.104. The Balaban J connectivity index is 1.78. The molecule has 1 aliphatic carbocycles. The quantitative estimate of drug-likeness (QED) is 0.392. The van der Waals surface area contributed by atoms with E-state index in [2.05, 4.69) is 12.6 Å². The van der Waals surface area contributed by atoms with Crippen LogP contribution in [0, 0.1) is 16.7 Å². The molecule has 0 N–H and O–H groups in total. The molecule has 2 aromatic rings. The van der Waals surface area contributed by atoms with Gasteiger partial charge in [0.25, 0.3) is 0 Å². The van der Waals surface area contributed by atoms with Gasteiger partial charge in [0, 0.05) is 12.0 Å². The van der Waals surface area contributed by atoms with E-state index in [1.54, 1.807) is 18.2 Å². The maximum absolute atomic E-state index is 13.0. The van der Waals surface area contributed by atoms with Gasteiger partial charge in [-0.15, -0.1) is 6.58 Å². The maximum Gasteiger partial charge on any atom is 0.196 e. The highest BCUT2D eigenvalue weighted by atomic mass is 16.5. The summed E-state index contributed by atoms with van der Waals surface area (Å²) in [5.74, 6) is 0.168. The average molecular weight is 402 g/mol. The molecule has 0 saturated heterocycles. The Kier molecular flexibility index (Phi) is 7.19. The van der Waals surface area contributed by atoms with Gasteiger partial charge in [0.1, 0.15) is 12.4 Å². The normalized spacial score (nSPS) is 14.6. The van der Waals surface area contributed by atoms with Gasteiger partial charge in [-0.25, -0.2) is 0 Å². The molecule has 1 fully saturated rings. The molecule has 3 rings (SSSR count). The first kappa shape index (κ1) is 21.5. The van der Waals surface area contributed by atoms with Crippen LogP contribution >= 0.6 is 0 Å². The zero-order chi connectivity index (χ0) is 21.4. The number of nitrogens with zero attached hydrogens (tertiary/aromatic N) is 1. The van der Waals surface area contributed by atoms with E-state index in [0.29, 0.717) is 16.9 Å². The second-order valence-corrected chi connectivity index (χ2v) is 7.96. The molecule has 1 aliphatic rings. The highest BCUT2D eigenvalue weighted by Gasteiger charge is 2.36. The third kappa shape index (κ3) is 5.24. The number of hydrogen-bond donors (Lipinski definition) is 0. The second-order valence-electron chi connectivity index (χ2n) is 7.96. The third-order valence-electron chi connectivity index (χ3n) is 5.69. The minimum atomic E-state index is -0.547. The van der Waals surface area contributed by atoms with Gasteiger partial charge in [0.2, 0.25) is 0 Å². The zero-order valence-electron chi connectivity index (χ0n) is 17.2. The fourth-order valence-electron chi connectivity index (χ4n) is 4.01. The summed E-state index contributed by atoms with van der Waals surface area (Å²) in [4.78, 5) is 25.6. The number of allylic oxidation sites excluding steroid dienone is 1. The van der Waals surface area contributed by atoms with Gasteiger partial charge < -0.3 is 4.74 Å². The molecule has 0 radical (unpaired) electrons. The Morgan fingerprint density at radius 3 is 2.53 bits per heavy atom. The van der Waals surface area contributed by atoms with Gasteiger partial charge in [-0.05, 0) is 43.4 Å². The van der Waals surface area contributed by atoms with E-state index in [-0.39, 0.29) is 24.6 Å². The van der Waals surface area contributed by atoms with Crippen LogP contribution in [0.15, 0.2) is 61.2 Å². The maximum atomic E-state index is 13.0. The molecule has 0 bridgehead atoms. The minimum Gasteiger partial charge on any atom is -0.485 e. The summed E-state index contributed by atoms with van der Waals surface area (Å²) in [6.45, 7) is 3.61. The number of aryl methyl sites for hydroxylation is 1. The molecule has 30 heavy (non-hydrogen) atoms. The molecule has 0 heterocycles. The molecule has 0 amide bonds. The molecule has 154 valence electrons. The summed E-state index contributed by atoms with van der Waals surface area (Å²) in [6.07, 6.45) is 7.16. The Bertz CT molecular complexity index is 950. The molecular weight excluding hydrogens is 374 g/mol. The molecule has 4 nitrogen and oxygen atoms in total. The number of Topliss-reactive ketones (excluding diaryl/α,β-unsaturated/α-hetero) is 1. The van der Waals surface area contributed by atoms with Crippen molar-refractivity contribution in [1.82, 2.24) is 0 Å². The molecule has 2 aromatic carbocycles. The van der Waals surface area contributed by atoms with Crippen molar-refractivity contribution in [2.75, 3.05) is 6.61 Å². The van der Waals surface area contributed by atoms with Gasteiger partial charge in [-0.3, -0.25) is 9.59 Å².